The number of esters is 1. The number of nitrogens with zero attached hydrogens (tertiary/aromatic N) is 1. The van der Waals surface area contributed by atoms with E-state index in [2.05, 4.69) is 5.16 Å². The molecule has 5 heteroatoms. The van der Waals surface area contributed by atoms with Crippen LogP contribution in [0.25, 0.3) is 0 Å². The van der Waals surface area contributed by atoms with Gasteiger partial charge in [0, 0.05) is 0 Å². The second kappa shape index (κ2) is 4.42. The number of rotatable bonds is 4. The van der Waals surface area contributed by atoms with Gasteiger partial charge in [-0.25, -0.2) is 0 Å². The standard InChI is InChI=1S/C16H19NO4/c1-7-12(8(2)21-17-7)11(18)6-20-16(19)15-13-9-3-4-10(5-9)14(13)15/h9-10,13-15H,3-6H2,1-2H3/t9-,10+,13+,14-,15?. The molecule has 0 aliphatic heterocycles. The molecule has 4 rings (SSSR count). The summed E-state index contributed by atoms with van der Waals surface area (Å²) < 4.78 is 10.2. The van der Waals surface area contributed by atoms with Crippen molar-refractivity contribution in [3.8, 4) is 0 Å². The molecule has 21 heavy (non-hydrogen) atoms. The van der Waals surface area contributed by atoms with Crippen LogP contribution < -0.4 is 0 Å². The Hall–Kier alpha value is -1.65. The highest BCUT2D eigenvalue weighted by atomic mass is 16.5. The molecule has 0 saturated heterocycles. The van der Waals surface area contributed by atoms with E-state index in [0.717, 1.165) is 11.8 Å². The van der Waals surface area contributed by atoms with Gasteiger partial charge in [-0.2, -0.15) is 0 Å². The van der Waals surface area contributed by atoms with Gasteiger partial charge in [0.05, 0.1) is 17.2 Å². The highest BCUT2D eigenvalue weighted by Gasteiger charge is 2.68. The van der Waals surface area contributed by atoms with Gasteiger partial charge in [0.2, 0.25) is 5.78 Å². The van der Waals surface area contributed by atoms with Gasteiger partial charge >= 0.3 is 5.97 Å². The van der Waals surface area contributed by atoms with Crippen LogP contribution in [0.4, 0.5) is 0 Å². The summed E-state index contributed by atoms with van der Waals surface area (Å²) in [4.78, 5) is 24.3. The molecule has 1 aromatic rings. The first-order chi connectivity index (χ1) is 10.1. The van der Waals surface area contributed by atoms with Crippen LogP contribution in [0.5, 0.6) is 0 Å². The van der Waals surface area contributed by atoms with Crippen molar-refractivity contribution < 1.29 is 18.8 Å². The number of carbonyl (C=O) groups excluding carboxylic acids is 2. The number of aryl methyl sites for hydroxylation is 2. The molecule has 1 heterocycles. The maximum absolute atomic E-state index is 12.2. The molecule has 2 bridgehead atoms. The quantitative estimate of drug-likeness (QED) is 0.628. The van der Waals surface area contributed by atoms with Crippen molar-refractivity contribution in [3.05, 3.63) is 17.0 Å². The molecule has 0 amide bonds. The summed E-state index contributed by atoms with van der Waals surface area (Å²) in [6, 6.07) is 0. The Morgan fingerprint density at radius 3 is 2.48 bits per heavy atom. The Kier molecular flexibility index (Phi) is 2.75. The summed E-state index contributed by atoms with van der Waals surface area (Å²) in [6.07, 6.45) is 3.85. The normalized spacial score (nSPS) is 35.6. The van der Waals surface area contributed by atoms with E-state index >= 15 is 0 Å². The summed E-state index contributed by atoms with van der Waals surface area (Å²) in [5.74, 6) is 2.70. The minimum Gasteiger partial charge on any atom is -0.457 e. The molecule has 3 aliphatic carbocycles. The van der Waals surface area contributed by atoms with Gasteiger partial charge in [0.1, 0.15) is 5.76 Å². The Morgan fingerprint density at radius 1 is 1.24 bits per heavy atom. The van der Waals surface area contributed by atoms with Crippen LogP contribution in [-0.4, -0.2) is 23.5 Å². The van der Waals surface area contributed by atoms with Crippen LogP contribution in [0, 0.1) is 43.4 Å². The maximum atomic E-state index is 12.2. The van der Waals surface area contributed by atoms with Crippen LogP contribution in [0.15, 0.2) is 4.52 Å². The molecule has 112 valence electrons. The largest absolute Gasteiger partial charge is 0.457 e. The summed E-state index contributed by atoms with van der Waals surface area (Å²) >= 11 is 0. The van der Waals surface area contributed by atoms with E-state index in [1.54, 1.807) is 13.8 Å². The summed E-state index contributed by atoms with van der Waals surface area (Å²) in [7, 11) is 0. The molecule has 3 aliphatic rings. The first-order valence-corrected chi connectivity index (χ1v) is 7.70. The van der Waals surface area contributed by atoms with Crippen molar-refractivity contribution in [3.63, 3.8) is 0 Å². The van der Waals surface area contributed by atoms with Gasteiger partial charge in [-0.15, -0.1) is 0 Å². The van der Waals surface area contributed by atoms with Crippen LogP contribution in [-0.2, 0) is 9.53 Å². The maximum Gasteiger partial charge on any atom is 0.309 e. The number of aromatic nitrogens is 1. The molecule has 0 aromatic carbocycles. The number of carbonyl (C=O) groups is 2. The Labute approximate surface area is 123 Å². The molecule has 0 spiro atoms. The van der Waals surface area contributed by atoms with Crippen LogP contribution in [0.2, 0.25) is 0 Å². The van der Waals surface area contributed by atoms with Crippen LogP contribution in [0.3, 0.4) is 0 Å². The van der Waals surface area contributed by atoms with Gasteiger partial charge in [-0.3, -0.25) is 9.59 Å². The molecular formula is C16H19NO4. The molecule has 1 aromatic heterocycles. The van der Waals surface area contributed by atoms with Gasteiger partial charge in [-0.05, 0) is 56.8 Å². The van der Waals surface area contributed by atoms with Crippen molar-refractivity contribution in [1.82, 2.24) is 5.16 Å². The zero-order valence-corrected chi connectivity index (χ0v) is 12.3. The van der Waals surface area contributed by atoms with Crippen molar-refractivity contribution >= 4 is 11.8 Å². The first kappa shape index (κ1) is 13.0. The zero-order valence-electron chi connectivity index (χ0n) is 12.3. The highest BCUT2D eigenvalue weighted by molar-refractivity contribution is 5.99. The average molecular weight is 289 g/mol. The van der Waals surface area contributed by atoms with E-state index in [4.69, 9.17) is 9.26 Å². The fraction of sp³-hybridized carbons (Fsp3) is 0.688. The molecule has 3 saturated carbocycles. The van der Waals surface area contributed by atoms with Crippen molar-refractivity contribution in [2.24, 2.45) is 29.6 Å². The third kappa shape index (κ3) is 1.86. The van der Waals surface area contributed by atoms with Crippen molar-refractivity contribution in [2.45, 2.75) is 33.1 Å². The third-order valence-corrected chi connectivity index (χ3v) is 5.67. The Bertz CT molecular complexity index is 584. The first-order valence-electron chi connectivity index (χ1n) is 7.70. The minimum atomic E-state index is -0.228. The average Bonchev–Trinajstić information content (AvgIpc) is 2.75. The van der Waals surface area contributed by atoms with Gasteiger partial charge in [-0.1, -0.05) is 5.16 Å². The summed E-state index contributed by atoms with van der Waals surface area (Å²) in [5.41, 5.74) is 0.994. The lowest BCUT2D eigenvalue weighted by molar-refractivity contribution is -0.145. The monoisotopic (exact) mass is 289 g/mol. The molecule has 3 fully saturated rings. The smallest absolute Gasteiger partial charge is 0.309 e. The van der Waals surface area contributed by atoms with E-state index in [0.29, 0.717) is 28.9 Å². The lowest BCUT2D eigenvalue weighted by Gasteiger charge is -2.08. The highest BCUT2D eigenvalue weighted by Crippen LogP contribution is 2.69. The predicted molar refractivity (Wildman–Crippen MR) is 72.6 cm³/mol. The molecule has 1 unspecified atom stereocenters. The number of ether oxygens (including phenoxy) is 1. The third-order valence-electron chi connectivity index (χ3n) is 5.67. The lowest BCUT2D eigenvalue weighted by Crippen LogP contribution is -2.19. The fourth-order valence-electron chi connectivity index (χ4n) is 4.83. The second-order valence-electron chi connectivity index (χ2n) is 6.74. The van der Waals surface area contributed by atoms with E-state index in [-0.39, 0.29) is 24.3 Å². The van der Waals surface area contributed by atoms with E-state index in [1.165, 1.54) is 19.3 Å². The number of fused-ring (bicyclic) bond motifs is 5. The van der Waals surface area contributed by atoms with E-state index in [9.17, 15) is 9.59 Å². The number of hydrogen-bond donors (Lipinski definition) is 0. The molecule has 5 nitrogen and oxygen atoms in total. The SMILES string of the molecule is Cc1noc(C)c1C(=O)COC(=O)C1[C@@H]2[C@H]3CC[C@H](C3)[C@H]12. The second-order valence-corrected chi connectivity index (χ2v) is 6.74. The van der Waals surface area contributed by atoms with E-state index < -0.39 is 0 Å². The Morgan fingerprint density at radius 2 is 1.90 bits per heavy atom. The Balaban J connectivity index is 1.36. The summed E-state index contributed by atoms with van der Waals surface area (Å²) in [5, 5.41) is 3.75. The van der Waals surface area contributed by atoms with Crippen molar-refractivity contribution in [2.75, 3.05) is 6.61 Å². The van der Waals surface area contributed by atoms with Crippen LogP contribution in [0.1, 0.15) is 41.1 Å². The fourth-order valence-corrected chi connectivity index (χ4v) is 4.83. The number of ketones is 1. The number of hydrogen-bond acceptors (Lipinski definition) is 5. The predicted octanol–water partition coefficient (Wildman–Crippen LogP) is 2.31. The van der Waals surface area contributed by atoms with Gasteiger partial charge in [0.15, 0.2) is 6.61 Å². The number of Topliss-reactive ketones (excluding diaryl/α,β-unsaturated/α-hetero) is 1. The van der Waals surface area contributed by atoms with E-state index in [1.807, 2.05) is 0 Å². The lowest BCUT2D eigenvalue weighted by atomic mass is 10.0. The van der Waals surface area contributed by atoms with Crippen molar-refractivity contribution in [1.29, 1.82) is 0 Å². The van der Waals surface area contributed by atoms with Gasteiger partial charge < -0.3 is 9.26 Å². The molecule has 0 radical (unpaired) electrons. The summed E-state index contributed by atoms with van der Waals surface area (Å²) in [6.45, 7) is 3.21. The molecular weight excluding hydrogens is 270 g/mol. The van der Waals surface area contributed by atoms with Gasteiger partial charge in [0.25, 0.3) is 0 Å². The minimum absolute atomic E-state index is 0.0636. The van der Waals surface area contributed by atoms with Crippen LogP contribution >= 0.6 is 0 Å². The molecule has 0 N–H and O–H groups in total. The zero-order chi connectivity index (χ0) is 14.7. The topological polar surface area (TPSA) is 69.4 Å². The molecule has 5 atom stereocenters.